The number of carbonyl (C=O) groups excluding carboxylic acids is 1. The topological polar surface area (TPSA) is 56.2 Å². The van der Waals surface area contributed by atoms with E-state index in [0.29, 0.717) is 11.1 Å². The first-order chi connectivity index (χ1) is 13.5. The van der Waals surface area contributed by atoms with Crippen molar-refractivity contribution in [2.45, 2.75) is 12.1 Å². The highest BCUT2D eigenvalue weighted by Gasteiger charge is 2.52. The fourth-order valence-electron chi connectivity index (χ4n) is 3.53. The molecule has 0 aromatic heterocycles. The first kappa shape index (κ1) is 17.9. The fraction of sp³-hybridized carbons (Fsp3) is 0.0909. The van der Waals surface area contributed by atoms with Crippen molar-refractivity contribution in [2.24, 2.45) is 0 Å². The minimum atomic E-state index is -1.33. The Hall–Kier alpha value is -3.54. The van der Waals surface area contributed by atoms with Crippen LogP contribution in [0.15, 0.2) is 78.9 Å². The molecule has 3 aromatic rings. The minimum absolute atomic E-state index is 0.208. The summed E-state index contributed by atoms with van der Waals surface area (Å²) in [4.78, 5) is 14.6. The Morgan fingerprint density at radius 3 is 1.82 bits per heavy atom. The largest absolute Gasteiger partial charge is 0.334 e. The number of hydrogen-bond donors (Lipinski definition) is 2. The number of halogens is 2. The number of hydrogen-bond acceptors (Lipinski definition) is 2. The zero-order chi connectivity index (χ0) is 19.7. The molecule has 1 fully saturated rings. The first-order valence-electron chi connectivity index (χ1n) is 8.76. The fourth-order valence-corrected chi connectivity index (χ4v) is 3.53. The molecule has 28 heavy (non-hydrogen) atoms. The average Bonchev–Trinajstić information content (AvgIpc) is 2.97. The van der Waals surface area contributed by atoms with Gasteiger partial charge in [0.2, 0.25) is 0 Å². The Kier molecular flexibility index (Phi) is 4.39. The van der Waals surface area contributed by atoms with E-state index >= 15 is 0 Å². The van der Waals surface area contributed by atoms with Crippen molar-refractivity contribution in [3.8, 4) is 0 Å². The molecule has 0 atom stereocenters. The van der Waals surface area contributed by atoms with Crippen LogP contribution in [-0.2, 0) is 16.9 Å². The van der Waals surface area contributed by atoms with Gasteiger partial charge in [-0.2, -0.15) is 0 Å². The summed E-state index contributed by atoms with van der Waals surface area (Å²) < 4.78 is 28.3. The maximum atomic E-state index is 14.1. The second kappa shape index (κ2) is 6.88. The summed E-state index contributed by atoms with van der Waals surface area (Å²) in [6, 6.07) is 21.6. The SMILES string of the molecule is N=C1NC(c2ccccc2)(c2ccccc2)C(=O)N1Cc1c(F)cccc1F. The van der Waals surface area contributed by atoms with Crippen LogP contribution in [0.25, 0.3) is 0 Å². The second-order valence-corrected chi connectivity index (χ2v) is 6.55. The third-order valence-corrected chi connectivity index (χ3v) is 4.93. The standard InChI is InChI=1S/C22H17F2N3O/c23-18-12-7-13-19(24)17(18)14-27-20(28)22(26-21(27)25,15-8-3-1-4-9-15)16-10-5-2-6-11-16/h1-13H,14H2,(H2,25,26). The number of carbonyl (C=O) groups is 1. The smallest absolute Gasteiger partial charge is 0.264 e. The van der Waals surface area contributed by atoms with Gasteiger partial charge in [-0.25, -0.2) is 8.78 Å². The van der Waals surface area contributed by atoms with Crippen molar-refractivity contribution in [3.05, 3.63) is 107 Å². The molecule has 0 bridgehead atoms. The molecule has 0 spiro atoms. The predicted molar refractivity (Wildman–Crippen MR) is 101 cm³/mol. The number of nitrogens with zero attached hydrogens (tertiary/aromatic N) is 1. The van der Waals surface area contributed by atoms with E-state index < -0.39 is 23.1 Å². The van der Waals surface area contributed by atoms with Crippen LogP contribution in [0.3, 0.4) is 0 Å². The summed E-state index contributed by atoms with van der Waals surface area (Å²) in [6.45, 7) is -0.370. The highest BCUT2D eigenvalue weighted by atomic mass is 19.1. The van der Waals surface area contributed by atoms with Crippen LogP contribution in [0.1, 0.15) is 16.7 Å². The van der Waals surface area contributed by atoms with Gasteiger partial charge in [-0.1, -0.05) is 66.7 Å². The molecule has 140 valence electrons. The molecule has 1 aliphatic rings. The number of rotatable bonds is 4. The van der Waals surface area contributed by atoms with E-state index in [-0.39, 0.29) is 18.1 Å². The predicted octanol–water partition coefficient (Wildman–Crippen LogP) is 3.78. The maximum Gasteiger partial charge on any atom is 0.264 e. The van der Waals surface area contributed by atoms with Crippen molar-refractivity contribution in [1.29, 1.82) is 5.41 Å². The van der Waals surface area contributed by atoms with Gasteiger partial charge in [-0.15, -0.1) is 0 Å². The second-order valence-electron chi connectivity index (χ2n) is 6.55. The van der Waals surface area contributed by atoms with Crippen LogP contribution in [0.2, 0.25) is 0 Å². The van der Waals surface area contributed by atoms with Gasteiger partial charge >= 0.3 is 0 Å². The van der Waals surface area contributed by atoms with Crippen LogP contribution in [0.5, 0.6) is 0 Å². The lowest BCUT2D eigenvalue weighted by Gasteiger charge is -2.28. The van der Waals surface area contributed by atoms with Gasteiger partial charge in [-0.3, -0.25) is 15.1 Å². The Balaban J connectivity index is 1.82. The number of benzene rings is 3. The Morgan fingerprint density at radius 1 is 0.821 bits per heavy atom. The molecule has 0 saturated carbocycles. The molecule has 1 heterocycles. The molecule has 0 aliphatic carbocycles. The summed E-state index contributed by atoms with van der Waals surface area (Å²) in [5, 5.41) is 11.3. The minimum Gasteiger partial charge on any atom is -0.334 e. The molecule has 0 unspecified atom stereocenters. The van der Waals surface area contributed by atoms with Crippen molar-refractivity contribution in [2.75, 3.05) is 0 Å². The van der Waals surface area contributed by atoms with Gasteiger partial charge in [0.05, 0.1) is 6.54 Å². The highest BCUT2D eigenvalue weighted by Crippen LogP contribution is 2.36. The lowest BCUT2D eigenvalue weighted by atomic mass is 9.82. The maximum absolute atomic E-state index is 14.1. The summed E-state index contributed by atoms with van der Waals surface area (Å²) in [6.07, 6.45) is 0. The zero-order valence-electron chi connectivity index (χ0n) is 14.8. The molecule has 1 aliphatic heterocycles. The number of guanidine groups is 1. The Morgan fingerprint density at radius 2 is 1.32 bits per heavy atom. The molecule has 6 heteroatoms. The lowest BCUT2D eigenvalue weighted by Crippen LogP contribution is -2.45. The summed E-state index contributed by atoms with van der Waals surface area (Å²) >= 11 is 0. The van der Waals surface area contributed by atoms with Crippen molar-refractivity contribution in [3.63, 3.8) is 0 Å². The van der Waals surface area contributed by atoms with E-state index in [1.54, 1.807) is 48.5 Å². The van der Waals surface area contributed by atoms with Crippen LogP contribution in [0.4, 0.5) is 8.78 Å². The highest BCUT2D eigenvalue weighted by molar-refractivity contribution is 6.10. The van der Waals surface area contributed by atoms with Crippen molar-refractivity contribution >= 4 is 11.9 Å². The van der Waals surface area contributed by atoms with E-state index in [1.165, 1.54) is 6.07 Å². The van der Waals surface area contributed by atoms with Crippen molar-refractivity contribution < 1.29 is 13.6 Å². The van der Waals surface area contributed by atoms with E-state index in [0.717, 1.165) is 17.0 Å². The Labute approximate surface area is 160 Å². The third-order valence-electron chi connectivity index (χ3n) is 4.93. The van der Waals surface area contributed by atoms with Crippen LogP contribution >= 0.6 is 0 Å². The summed E-state index contributed by atoms with van der Waals surface area (Å²) in [5.74, 6) is -2.17. The molecule has 1 amide bonds. The summed E-state index contributed by atoms with van der Waals surface area (Å²) in [5.41, 5.74) is -0.291. The number of nitrogens with one attached hydrogen (secondary N) is 2. The molecule has 4 rings (SSSR count). The van der Waals surface area contributed by atoms with E-state index in [9.17, 15) is 13.6 Å². The normalized spacial score (nSPS) is 15.6. The van der Waals surface area contributed by atoms with Crippen LogP contribution < -0.4 is 5.32 Å². The quantitative estimate of drug-likeness (QED) is 0.727. The van der Waals surface area contributed by atoms with Gasteiger partial charge in [0.15, 0.2) is 11.5 Å². The monoisotopic (exact) mass is 377 g/mol. The molecular formula is C22H17F2N3O. The van der Waals surface area contributed by atoms with Crippen LogP contribution in [0, 0.1) is 17.0 Å². The van der Waals surface area contributed by atoms with Gasteiger partial charge in [0, 0.05) is 5.56 Å². The molecule has 2 N–H and O–H groups in total. The zero-order valence-corrected chi connectivity index (χ0v) is 14.8. The molecule has 4 nitrogen and oxygen atoms in total. The van der Waals surface area contributed by atoms with E-state index in [2.05, 4.69) is 5.32 Å². The van der Waals surface area contributed by atoms with Gasteiger partial charge in [0.25, 0.3) is 5.91 Å². The summed E-state index contributed by atoms with van der Waals surface area (Å²) in [7, 11) is 0. The Bertz CT molecular complexity index is 978. The molecular weight excluding hydrogens is 360 g/mol. The molecule has 1 saturated heterocycles. The van der Waals surface area contributed by atoms with Crippen molar-refractivity contribution in [1.82, 2.24) is 10.2 Å². The van der Waals surface area contributed by atoms with Gasteiger partial charge < -0.3 is 5.32 Å². The average molecular weight is 377 g/mol. The van der Waals surface area contributed by atoms with E-state index in [4.69, 9.17) is 5.41 Å². The van der Waals surface area contributed by atoms with E-state index in [1.807, 2.05) is 12.1 Å². The third kappa shape index (κ3) is 2.74. The van der Waals surface area contributed by atoms with Crippen LogP contribution in [-0.4, -0.2) is 16.8 Å². The first-order valence-corrected chi connectivity index (χ1v) is 8.76. The van der Waals surface area contributed by atoms with Gasteiger partial charge in [-0.05, 0) is 23.3 Å². The number of amides is 1. The molecule has 0 radical (unpaired) electrons. The molecule has 3 aromatic carbocycles. The van der Waals surface area contributed by atoms with Gasteiger partial charge in [0.1, 0.15) is 11.6 Å². The lowest BCUT2D eigenvalue weighted by molar-refractivity contribution is -0.130.